The summed E-state index contributed by atoms with van der Waals surface area (Å²) in [7, 11) is -2.83. The molecule has 0 saturated carbocycles. The van der Waals surface area contributed by atoms with E-state index in [0.717, 1.165) is 44.5 Å². The number of aryl methyl sites for hydroxylation is 2. The molecule has 0 saturated heterocycles. The predicted octanol–water partition coefficient (Wildman–Crippen LogP) is 6.80. The van der Waals surface area contributed by atoms with Gasteiger partial charge in [0.2, 0.25) is 0 Å². The average molecular weight is 488 g/mol. The minimum absolute atomic E-state index is 0.640. The molecule has 1 unspecified atom stereocenters. The van der Waals surface area contributed by atoms with Gasteiger partial charge in [0, 0.05) is 28.0 Å². The first-order valence-electron chi connectivity index (χ1n) is 12.0. The zero-order chi connectivity index (χ0) is 24.9. The highest BCUT2D eigenvalue weighted by Gasteiger charge is 2.23. The Bertz CT molecular complexity index is 1820. The Morgan fingerprint density at radius 3 is 2.33 bits per heavy atom. The van der Waals surface area contributed by atoms with Gasteiger partial charge in [-0.15, -0.1) is 0 Å². The summed E-state index contributed by atoms with van der Waals surface area (Å²) in [4.78, 5) is 9.26. The van der Waals surface area contributed by atoms with Crippen molar-refractivity contribution in [3.8, 4) is 16.9 Å². The topological polar surface area (TPSA) is 47.8 Å². The van der Waals surface area contributed by atoms with E-state index in [1.165, 1.54) is 10.8 Å². The number of hydrogen-bond acceptors (Lipinski definition) is 3. The zero-order valence-electron chi connectivity index (χ0n) is 20.5. The molecule has 3 aromatic heterocycles. The molecule has 6 rings (SSSR count). The highest BCUT2D eigenvalue weighted by molar-refractivity contribution is 7.77. The monoisotopic (exact) mass is 487 g/mol. The van der Waals surface area contributed by atoms with E-state index in [1.807, 2.05) is 62.4 Å². The van der Waals surface area contributed by atoms with Crippen LogP contribution in [0, 0.1) is 13.8 Å². The minimum atomic E-state index is -2.83. The molecule has 0 aliphatic rings. The molecule has 0 aliphatic carbocycles. The number of fused-ring (bicyclic) bond motifs is 3. The third-order valence-electron chi connectivity index (χ3n) is 6.79. The Morgan fingerprint density at radius 1 is 0.722 bits per heavy atom. The molecule has 1 atom stereocenters. The molecule has 0 radical (unpaired) electrons. The molecule has 4 nitrogen and oxygen atoms in total. The molecule has 0 aliphatic heterocycles. The Balaban J connectivity index is 1.54. The first-order chi connectivity index (χ1) is 17.4. The first-order valence-corrected chi connectivity index (χ1v) is 14.2. The van der Waals surface area contributed by atoms with Crippen LogP contribution in [0.1, 0.15) is 11.3 Å². The molecular formula is C31H26N3OP. The van der Waals surface area contributed by atoms with Crippen molar-refractivity contribution >= 4 is 39.7 Å². The predicted molar refractivity (Wildman–Crippen MR) is 151 cm³/mol. The second kappa shape index (κ2) is 8.58. The quantitative estimate of drug-likeness (QED) is 0.257. The van der Waals surface area contributed by atoms with Gasteiger partial charge in [-0.2, -0.15) is 0 Å². The van der Waals surface area contributed by atoms with E-state index in [1.54, 1.807) is 12.9 Å². The van der Waals surface area contributed by atoms with Crippen molar-refractivity contribution in [3.63, 3.8) is 0 Å². The van der Waals surface area contributed by atoms with Crippen molar-refractivity contribution < 1.29 is 4.57 Å². The van der Waals surface area contributed by atoms with Gasteiger partial charge in [-0.05, 0) is 79.7 Å². The maximum Gasteiger partial charge on any atom is 0.157 e. The van der Waals surface area contributed by atoms with Crippen LogP contribution in [0.3, 0.4) is 0 Å². The minimum Gasteiger partial charge on any atom is -0.312 e. The van der Waals surface area contributed by atoms with Crippen molar-refractivity contribution in [2.24, 2.45) is 0 Å². The maximum atomic E-state index is 13.9. The van der Waals surface area contributed by atoms with Crippen molar-refractivity contribution in [2.75, 3.05) is 6.66 Å². The van der Waals surface area contributed by atoms with Gasteiger partial charge < -0.3 is 4.57 Å². The fourth-order valence-electron chi connectivity index (χ4n) is 4.89. The highest BCUT2D eigenvalue weighted by Crippen LogP contribution is 2.40. The lowest BCUT2D eigenvalue weighted by Crippen LogP contribution is -2.18. The summed E-state index contributed by atoms with van der Waals surface area (Å²) >= 11 is 0. The van der Waals surface area contributed by atoms with Crippen LogP contribution < -0.4 is 10.7 Å². The van der Waals surface area contributed by atoms with Crippen LogP contribution in [0.15, 0.2) is 103 Å². The average Bonchev–Trinajstić information content (AvgIpc) is 3.22. The maximum absolute atomic E-state index is 13.9. The van der Waals surface area contributed by atoms with E-state index < -0.39 is 7.14 Å². The van der Waals surface area contributed by atoms with Gasteiger partial charge in [-0.25, -0.2) is 4.98 Å². The van der Waals surface area contributed by atoms with E-state index in [9.17, 15) is 4.57 Å². The van der Waals surface area contributed by atoms with E-state index in [-0.39, 0.29) is 0 Å². The van der Waals surface area contributed by atoms with Crippen molar-refractivity contribution in [1.29, 1.82) is 0 Å². The summed E-state index contributed by atoms with van der Waals surface area (Å²) in [5, 5.41) is 3.18. The molecule has 5 heteroatoms. The standard InChI is InChI=1S/C31H26N3OP/c1-21-16-17-32-31(18-21)36(3,35)25-10-7-9-23(19-25)24-14-15-27-26-11-4-5-12-28(26)34(29(27)20-24)30-13-6-8-22(2)33-30/h4-20H,1-3H3. The molecule has 0 bridgehead atoms. The fraction of sp³-hybridized carbons (Fsp3) is 0.0968. The number of aromatic nitrogens is 3. The largest absolute Gasteiger partial charge is 0.312 e. The molecule has 0 amide bonds. The van der Waals surface area contributed by atoms with Crippen LogP contribution in [0.4, 0.5) is 0 Å². The normalized spacial score (nSPS) is 13.2. The lowest BCUT2D eigenvalue weighted by Gasteiger charge is -2.15. The van der Waals surface area contributed by atoms with Crippen molar-refractivity contribution in [1.82, 2.24) is 14.5 Å². The molecular weight excluding hydrogens is 461 g/mol. The van der Waals surface area contributed by atoms with Gasteiger partial charge in [0.05, 0.1) is 11.0 Å². The third-order valence-corrected chi connectivity index (χ3v) is 9.17. The van der Waals surface area contributed by atoms with E-state index in [2.05, 4.69) is 58.1 Å². The van der Waals surface area contributed by atoms with Crippen LogP contribution in [0.25, 0.3) is 38.8 Å². The van der Waals surface area contributed by atoms with Gasteiger partial charge >= 0.3 is 0 Å². The molecule has 3 heterocycles. The first kappa shape index (κ1) is 22.5. The van der Waals surface area contributed by atoms with Crippen LogP contribution in [0.2, 0.25) is 0 Å². The smallest absolute Gasteiger partial charge is 0.157 e. The number of nitrogens with zero attached hydrogens (tertiary/aromatic N) is 3. The van der Waals surface area contributed by atoms with E-state index >= 15 is 0 Å². The zero-order valence-corrected chi connectivity index (χ0v) is 21.4. The van der Waals surface area contributed by atoms with Gasteiger partial charge in [0.1, 0.15) is 11.3 Å². The molecule has 0 N–H and O–H groups in total. The molecule has 0 fully saturated rings. The van der Waals surface area contributed by atoms with Crippen LogP contribution >= 0.6 is 7.14 Å². The van der Waals surface area contributed by atoms with Crippen molar-refractivity contribution in [3.05, 3.63) is 115 Å². The summed E-state index contributed by atoms with van der Waals surface area (Å²) in [5.41, 5.74) is 6.99. The van der Waals surface area contributed by atoms with Crippen LogP contribution in [0.5, 0.6) is 0 Å². The second-order valence-corrected chi connectivity index (χ2v) is 12.2. The summed E-state index contributed by atoms with van der Waals surface area (Å²) < 4.78 is 16.1. The summed E-state index contributed by atoms with van der Waals surface area (Å²) in [6, 6.07) is 33.0. The SMILES string of the molecule is Cc1ccnc(P(C)(=O)c2cccc(-c3ccc4c5ccccc5n(-c5cccc(C)n5)c4c3)c2)c1. The third kappa shape index (κ3) is 3.75. The van der Waals surface area contributed by atoms with Crippen LogP contribution in [-0.2, 0) is 4.57 Å². The summed E-state index contributed by atoms with van der Waals surface area (Å²) in [6.07, 6.45) is 1.73. The van der Waals surface area contributed by atoms with Crippen LogP contribution in [-0.4, -0.2) is 21.2 Å². The van der Waals surface area contributed by atoms with Gasteiger partial charge in [0.15, 0.2) is 7.14 Å². The molecule has 0 spiro atoms. The van der Waals surface area contributed by atoms with Gasteiger partial charge in [0.25, 0.3) is 0 Å². The second-order valence-electron chi connectivity index (χ2n) is 9.39. The lowest BCUT2D eigenvalue weighted by molar-refractivity contribution is 0.590. The van der Waals surface area contributed by atoms with Gasteiger partial charge in [-0.1, -0.05) is 54.6 Å². The van der Waals surface area contributed by atoms with E-state index in [4.69, 9.17) is 4.98 Å². The molecule has 36 heavy (non-hydrogen) atoms. The number of para-hydroxylation sites is 1. The Kier molecular flexibility index (Phi) is 5.35. The number of rotatable bonds is 4. The lowest BCUT2D eigenvalue weighted by atomic mass is 10.0. The Labute approximate surface area is 210 Å². The fourth-order valence-corrected chi connectivity index (χ4v) is 6.64. The summed E-state index contributed by atoms with van der Waals surface area (Å²) in [6.45, 7) is 5.82. The molecule has 176 valence electrons. The number of pyridine rings is 2. The number of hydrogen-bond donors (Lipinski definition) is 0. The highest BCUT2D eigenvalue weighted by atomic mass is 31.2. The molecule has 3 aromatic carbocycles. The van der Waals surface area contributed by atoms with Crippen molar-refractivity contribution in [2.45, 2.75) is 13.8 Å². The Morgan fingerprint density at radius 2 is 1.50 bits per heavy atom. The Hall–Kier alpha value is -4.01. The van der Waals surface area contributed by atoms with Gasteiger partial charge in [-0.3, -0.25) is 9.55 Å². The summed E-state index contributed by atoms with van der Waals surface area (Å²) in [5.74, 6) is 0.899. The molecule has 6 aromatic rings. The van der Waals surface area contributed by atoms with E-state index in [0.29, 0.717) is 5.44 Å². The number of benzene rings is 3.